The van der Waals surface area contributed by atoms with Crippen molar-refractivity contribution in [3.63, 3.8) is 0 Å². The maximum absolute atomic E-state index is 10.6. The minimum Gasteiger partial charge on any atom is -0.335 e. The summed E-state index contributed by atoms with van der Waals surface area (Å²) >= 11 is 0. The predicted octanol–water partition coefficient (Wildman–Crippen LogP) is 0.894. The molecule has 1 unspecified atom stereocenters. The van der Waals surface area contributed by atoms with Gasteiger partial charge in [0.05, 0.1) is 0 Å². The van der Waals surface area contributed by atoms with Gasteiger partial charge in [-0.2, -0.15) is 8.42 Å². The van der Waals surface area contributed by atoms with Gasteiger partial charge in [0.1, 0.15) is 0 Å². The molecule has 5 heteroatoms. The zero-order chi connectivity index (χ0) is 8.48. The number of nitrogens with zero attached hydrogens (tertiary/aromatic N) is 1. The molecular formula is C6H9NO3S. The molecule has 1 atom stereocenters. The molecule has 1 aromatic heterocycles. The average molecular weight is 175 g/mol. The molecular weight excluding hydrogens is 166 g/mol. The summed E-state index contributed by atoms with van der Waals surface area (Å²) < 4.78 is 31.2. The van der Waals surface area contributed by atoms with Gasteiger partial charge in [-0.1, -0.05) is 0 Å². The first-order valence-electron chi connectivity index (χ1n) is 3.10. The van der Waals surface area contributed by atoms with Crippen molar-refractivity contribution in [2.75, 3.05) is 0 Å². The van der Waals surface area contributed by atoms with E-state index in [0.29, 0.717) is 0 Å². The second-order valence-electron chi connectivity index (χ2n) is 2.24. The monoisotopic (exact) mass is 175 g/mol. The largest absolute Gasteiger partial charge is 0.335 e. The zero-order valence-corrected chi connectivity index (χ0v) is 6.82. The van der Waals surface area contributed by atoms with Crippen molar-refractivity contribution in [2.45, 2.75) is 12.3 Å². The maximum atomic E-state index is 10.6. The minimum atomic E-state index is -3.96. The van der Waals surface area contributed by atoms with Crippen molar-refractivity contribution in [3.8, 4) is 0 Å². The lowest BCUT2D eigenvalue weighted by Gasteiger charge is -2.08. The quantitative estimate of drug-likeness (QED) is 0.679. The first-order chi connectivity index (χ1) is 5.02. The van der Waals surface area contributed by atoms with Crippen molar-refractivity contribution < 1.29 is 13.0 Å². The van der Waals surface area contributed by atoms with Gasteiger partial charge < -0.3 is 4.57 Å². The molecule has 1 aromatic rings. The predicted molar refractivity (Wildman–Crippen MR) is 40.7 cm³/mol. The lowest BCUT2D eigenvalue weighted by Crippen LogP contribution is -2.14. The van der Waals surface area contributed by atoms with E-state index in [2.05, 4.69) is 0 Å². The van der Waals surface area contributed by atoms with Crippen LogP contribution in [0.2, 0.25) is 0 Å². The molecule has 1 heterocycles. The Hall–Kier alpha value is -0.810. The highest BCUT2D eigenvalue weighted by Crippen LogP contribution is 2.11. The van der Waals surface area contributed by atoms with Gasteiger partial charge in [-0.05, 0) is 19.1 Å². The van der Waals surface area contributed by atoms with Crippen molar-refractivity contribution in [1.29, 1.82) is 0 Å². The highest BCUT2D eigenvalue weighted by molar-refractivity contribution is 7.85. The van der Waals surface area contributed by atoms with E-state index in [4.69, 9.17) is 4.55 Å². The van der Waals surface area contributed by atoms with Crippen LogP contribution in [-0.2, 0) is 10.1 Å². The summed E-state index contributed by atoms with van der Waals surface area (Å²) in [6.45, 7) is 1.41. The molecule has 1 N–H and O–H groups in total. The maximum Gasteiger partial charge on any atom is 0.286 e. The Labute approximate surface area is 65.2 Å². The lowest BCUT2D eigenvalue weighted by molar-refractivity contribution is 0.452. The van der Waals surface area contributed by atoms with Crippen LogP contribution < -0.4 is 0 Å². The molecule has 0 saturated heterocycles. The molecule has 0 bridgehead atoms. The lowest BCUT2D eigenvalue weighted by atomic mass is 10.7. The van der Waals surface area contributed by atoms with Gasteiger partial charge in [-0.3, -0.25) is 4.55 Å². The molecule has 4 nitrogen and oxygen atoms in total. The second-order valence-corrected chi connectivity index (χ2v) is 3.96. The summed E-state index contributed by atoms with van der Waals surface area (Å²) in [5.41, 5.74) is 0. The van der Waals surface area contributed by atoms with E-state index < -0.39 is 15.5 Å². The van der Waals surface area contributed by atoms with Crippen LogP contribution in [0, 0.1) is 0 Å². The first kappa shape index (κ1) is 8.29. The van der Waals surface area contributed by atoms with Crippen molar-refractivity contribution in [3.05, 3.63) is 24.5 Å². The Bertz CT molecular complexity index is 314. The third-order valence-corrected chi connectivity index (χ3v) is 2.58. The summed E-state index contributed by atoms with van der Waals surface area (Å²) in [7, 11) is -3.96. The first-order valence-corrected chi connectivity index (χ1v) is 4.61. The fraction of sp³-hybridized carbons (Fsp3) is 0.333. The molecule has 0 spiro atoms. The molecule has 0 aliphatic heterocycles. The van der Waals surface area contributed by atoms with E-state index >= 15 is 0 Å². The van der Waals surface area contributed by atoms with E-state index in [9.17, 15) is 8.42 Å². The molecule has 0 amide bonds. The van der Waals surface area contributed by atoms with Gasteiger partial charge in [0.25, 0.3) is 10.1 Å². The number of aromatic nitrogens is 1. The number of rotatable bonds is 2. The number of hydrogen-bond donors (Lipinski definition) is 1. The fourth-order valence-electron chi connectivity index (χ4n) is 0.744. The Morgan fingerprint density at radius 3 is 2.18 bits per heavy atom. The van der Waals surface area contributed by atoms with Crippen LogP contribution in [0.4, 0.5) is 0 Å². The van der Waals surface area contributed by atoms with Crippen LogP contribution in [0.3, 0.4) is 0 Å². The second kappa shape index (κ2) is 2.67. The SMILES string of the molecule is CC(n1cccc1)S(=O)(=O)O. The topological polar surface area (TPSA) is 59.3 Å². The van der Waals surface area contributed by atoms with Crippen molar-refractivity contribution in [2.24, 2.45) is 0 Å². The average Bonchev–Trinajstić information content (AvgIpc) is 2.34. The van der Waals surface area contributed by atoms with Crippen LogP contribution in [0.15, 0.2) is 24.5 Å². The standard InChI is InChI=1S/C6H9NO3S/c1-6(11(8,9)10)7-4-2-3-5-7/h2-6H,1H3,(H,8,9,10). The summed E-state index contributed by atoms with van der Waals surface area (Å²) in [6.07, 6.45) is 3.16. The molecule has 0 aliphatic rings. The zero-order valence-electron chi connectivity index (χ0n) is 6.01. The third kappa shape index (κ3) is 1.81. The van der Waals surface area contributed by atoms with E-state index in [0.717, 1.165) is 0 Å². The Balaban J connectivity index is 2.97. The van der Waals surface area contributed by atoms with Gasteiger partial charge in [-0.15, -0.1) is 0 Å². The molecule has 0 aliphatic carbocycles. The number of hydrogen-bond acceptors (Lipinski definition) is 2. The fourth-order valence-corrected chi connectivity index (χ4v) is 1.19. The molecule has 11 heavy (non-hydrogen) atoms. The highest BCUT2D eigenvalue weighted by Gasteiger charge is 2.17. The molecule has 0 aromatic carbocycles. The van der Waals surface area contributed by atoms with Crippen LogP contribution in [0.5, 0.6) is 0 Å². The Kier molecular flexibility index (Phi) is 2.01. The van der Waals surface area contributed by atoms with E-state index in [1.807, 2.05) is 0 Å². The van der Waals surface area contributed by atoms with Gasteiger partial charge in [0.2, 0.25) is 0 Å². The molecule has 1 rings (SSSR count). The molecule has 0 saturated carbocycles. The van der Waals surface area contributed by atoms with Gasteiger partial charge in [0, 0.05) is 12.4 Å². The van der Waals surface area contributed by atoms with Gasteiger partial charge in [0.15, 0.2) is 5.37 Å². The highest BCUT2D eigenvalue weighted by atomic mass is 32.2. The summed E-state index contributed by atoms with van der Waals surface area (Å²) in [5, 5.41) is -0.905. The Morgan fingerprint density at radius 2 is 1.82 bits per heavy atom. The van der Waals surface area contributed by atoms with E-state index in [-0.39, 0.29) is 0 Å². The summed E-state index contributed by atoms with van der Waals surface area (Å²) in [4.78, 5) is 0. The summed E-state index contributed by atoms with van der Waals surface area (Å²) in [5.74, 6) is 0. The summed E-state index contributed by atoms with van der Waals surface area (Å²) in [6, 6.07) is 3.39. The molecule has 62 valence electrons. The van der Waals surface area contributed by atoms with Crippen molar-refractivity contribution >= 4 is 10.1 Å². The smallest absolute Gasteiger partial charge is 0.286 e. The normalized spacial score (nSPS) is 14.7. The van der Waals surface area contributed by atoms with Crippen LogP contribution in [0.25, 0.3) is 0 Å². The molecule has 0 fully saturated rings. The Morgan fingerprint density at radius 1 is 1.36 bits per heavy atom. The minimum absolute atomic E-state index is 0.905. The van der Waals surface area contributed by atoms with E-state index in [1.54, 1.807) is 24.5 Å². The molecule has 0 radical (unpaired) electrons. The van der Waals surface area contributed by atoms with Crippen LogP contribution >= 0.6 is 0 Å². The van der Waals surface area contributed by atoms with Crippen molar-refractivity contribution in [1.82, 2.24) is 4.57 Å². The van der Waals surface area contributed by atoms with Gasteiger partial charge >= 0.3 is 0 Å². The third-order valence-electron chi connectivity index (χ3n) is 1.48. The van der Waals surface area contributed by atoms with Gasteiger partial charge in [-0.25, -0.2) is 0 Å². The van der Waals surface area contributed by atoms with Crippen LogP contribution in [-0.4, -0.2) is 17.5 Å². The van der Waals surface area contributed by atoms with Crippen LogP contribution in [0.1, 0.15) is 12.3 Å². The van der Waals surface area contributed by atoms with E-state index in [1.165, 1.54) is 11.5 Å².